The van der Waals surface area contributed by atoms with E-state index in [1.54, 1.807) is 7.11 Å². The fraction of sp³-hybridized carbons (Fsp3) is 0.167. The van der Waals surface area contributed by atoms with Crippen molar-refractivity contribution in [3.63, 3.8) is 0 Å². The van der Waals surface area contributed by atoms with Crippen LogP contribution >= 0.6 is 22.6 Å². The van der Waals surface area contributed by atoms with Crippen LogP contribution in [0.25, 0.3) is 10.9 Å². The van der Waals surface area contributed by atoms with Gasteiger partial charge in [0.15, 0.2) is 5.82 Å². The number of para-hydroxylation sites is 1. The Kier molecular flexibility index (Phi) is 5.24. The van der Waals surface area contributed by atoms with Crippen molar-refractivity contribution >= 4 is 45.0 Å². The van der Waals surface area contributed by atoms with Crippen molar-refractivity contribution in [2.75, 3.05) is 17.0 Å². The van der Waals surface area contributed by atoms with Gasteiger partial charge in [-0.15, -0.1) is 0 Å². The summed E-state index contributed by atoms with van der Waals surface area (Å²) >= 11 is 2.30. The molecule has 24 heavy (non-hydrogen) atoms. The van der Waals surface area contributed by atoms with E-state index < -0.39 is 0 Å². The molecule has 3 aromatic rings. The molecule has 1 N–H and O–H groups in total. The molecule has 0 amide bonds. The lowest BCUT2D eigenvalue weighted by Crippen LogP contribution is -2.07. The van der Waals surface area contributed by atoms with E-state index in [4.69, 9.17) is 4.74 Å². The lowest BCUT2D eigenvalue weighted by Gasteiger charge is -2.08. The first-order valence-corrected chi connectivity index (χ1v) is 9.00. The van der Waals surface area contributed by atoms with Gasteiger partial charge in [-0.25, -0.2) is 9.97 Å². The third-order valence-corrected chi connectivity index (χ3v) is 4.28. The molecule has 2 aromatic carbocycles. The molecular formula is C18H17IN4O. The Morgan fingerprint density at radius 3 is 2.58 bits per heavy atom. The molecule has 0 spiro atoms. The van der Waals surface area contributed by atoms with Gasteiger partial charge in [-0.05, 0) is 48.9 Å². The van der Waals surface area contributed by atoms with E-state index in [0.29, 0.717) is 11.6 Å². The first kappa shape index (κ1) is 16.6. The van der Waals surface area contributed by atoms with Crippen LogP contribution in [0, 0.1) is 6.92 Å². The average molecular weight is 432 g/mol. The average Bonchev–Trinajstić information content (AvgIpc) is 2.62. The monoisotopic (exact) mass is 432 g/mol. The Morgan fingerprint density at radius 1 is 1.12 bits per heavy atom. The number of ether oxygens (including phenoxy) is 1. The minimum atomic E-state index is 0.715. The number of alkyl halides is 1. The van der Waals surface area contributed by atoms with Gasteiger partial charge >= 0.3 is 0 Å². The number of anilines is 1. The summed E-state index contributed by atoms with van der Waals surface area (Å²) in [5.74, 6) is 2.26. The van der Waals surface area contributed by atoms with Crippen LogP contribution in [0.3, 0.4) is 0 Å². The van der Waals surface area contributed by atoms with Gasteiger partial charge in [0, 0.05) is 9.81 Å². The molecule has 0 radical (unpaired) electrons. The second-order valence-electron chi connectivity index (χ2n) is 5.17. The Hall–Kier alpha value is -2.22. The standard InChI is InChI=1S/C18H17IN4O/c1-12-20-16-6-4-3-5-15(16)18(21-12)23-22-17(11-19)13-7-9-14(24-2)10-8-13/h3-10H,11H2,1-2H3,(H,20,21,23). The predicted molar refractivity (Wildman–Crippen MR) is 106 cm³/mol. The number of fused-ring (bicyclic) bond motifs is 1. The van der Waals surface area contributed by atoms with E-state index >= 15 is 0 Å². The van der Waals surface area contributed by atoms with Crippen LogP contribution in [0.5, 0.6) is 5.75 Å². The van der Waals surface area contributed by atoms with Crippen molar-refractivity contribution in [3.05, 3.63) is 59.9 Å². The molecular weight excluding hydrogens is 415 g/mol. The summed E-state index contributed by atoms with van der Waals surface area (Å²) in [5, 5.41) is 5.51. The van der Waals surface area contributed by atoms with Gasteiger partial charge in [-0.2, -0.15) is 5.10 Å². The van der Waals surface area contributed by atoms with Crippen LogP contribution in [0.15, 0.2) is 53.6 Å². The maximum Gasteiger partial charge on any atom is 0.157 e. The van der Waals surface area contributed by atoms with Gasteiger partial charge in [0.25, 0.3) is 0 Å². The highest BCUT2D eigenvalue weighted by Gasteiger charge is 2.06. The Balaban J connectivity index is 1.93. The number of methoxy groups -OCH3 is 1. The number of halogens is 1. The number of nitrogens with zero attached hydrogens (tertiary/aromatic N) is 3. The third kappa shape index (κ3) is 3.64. The summed E-state index contributed by atoms with van der Waals surface area (Å²) in [5.41, 5.74) is 6.01. The van der Waals surface area contributed by atoms with Crippen molar-refractivity contribution in [1.82, 2.24) is 9.97 Å². The largest absolute Gasteiger partial charge is 0.497 e. The molecule has 0 saturated carbocycles. The van der Waals surface area contributed by atoms with Crippen molar-refractivity contribution in [3.8, 4) is 5.75 Å². The molecule has 0 aliphatic rings. The lowest BCUT2D eigenvalue weighted by atomic mass is 10.1. The Labute approximate surface area is 154 Å². The number of rotatable bonds is 5. The molecule has 5 nitrogen and oxygen atoms in total. The lowest BCUT2D eigenvalue weighted by molar-refractivity contribution is 0.415. The predicted octanol–water partition coefficient (Wildman–Crippen LogP) is 4.20. The van der Waals surface area contributed by atoms with Gasteiger partial charge < -0.3 is 4.74 Å². The molecule has 3 rings (SSSR count). The van der Waals surface area contributed by atoms with E-state index in [9.17, 15) is 0 Å². The summed E-state index contributed by atoms with van der Waals surface area (Å²) < 4.78 is 5.98. The topological polar surface area (TPSA) is 59.4 Å². The quantitative estimate of drug-likeness (QED) is 0.284. The van der Waals surface area contributed by atoms with Gasteiger partial charge in [0.05, 0.1) is 18.3 Å². The molecule has 0 aliphatic heterocycles. The van der Waals surface area contributed by atoms with E-state index in [1.165, 1.54) is 0 Å². The van der Waals surface area contributed by atoms with E-state index in [0.717, 1.165) is 32.4 Å². The van der Waals surface area contributed by atoms with Crippen LogP contribution in [0.2, 0.25) is 0 Å². The van der Waals surface area contributed by atoms with E-state index in [1.807, 2.05) is 55.5 Å². The van der Waals surface area contributed by atoms with Gasteiger partial charge in [0.2, 0.25) is 0 Å². The first-order chi connectivity index (χ1) is 11.7. The summed E-state index contributed by atoms with van der Waals surface area (Å²) in [6.07, 6.45) is 0. The minimum absolute atomic E-state index is 0.715. The second kappa shape index (κ2) is 7.57. The van der Waals surface area contributed by atoms with Crippen molar-refractivity contribution < 1.29 is 4.74 Å². The van der Waals surface area contributed by atoms with Crippen LogP contribution in [-0.2, 0) is 0 Å². The van der Waals surface area contributed by atoms with Crippen LogP contribution < -0.4 is 10.2 Å². The Morgan fingerprint density at radius 2 is 1.88 bits per heavy atom. The molecule has 0 aliphatic carbocycles. The van der Waals surface area contributed by atoms with Crippen molar-refractivity contribution in [1.29, 1.82) is 0 Å². The van der Waals surface area contributed by atoms with Gasteiger partial charge in [-0.3, -0.25) is 5.43 Å². The fourth-order valence-electron chi connectivity index (χ4n) is 2.35. The Bertz CT molecular complexity index is 878. The summed E-state index contributed by atoms with van der Waals surface area (Å²) in [7, 11) is 1.66. The van der Waals surface area contributed by atoms with E-state index in [-0.39, 0.29) is 0 Å². The molecule has 6 heteroatoms. The number of benzene rings is 2. The molecule has 0 bridgehead atoms. The molecule has 0 saturated heterocycles. The highest BCUT2D eigenvalue weighted by atomic mass is 127. The van der Waals surface area contributed by atoms with Crippen LogP contribution in [0.1, 0.15) is 11.4 Å². The zero-order chi connectivity index (χ0) is 16.9. The zero-order valence-corrected chi connectivity index (χ0v) is 15.6. The third-order valence-electron chi connectivity index (χ3n) is 3.56. The molecule has 0 atom stereocenters. The first-order valence-electron chi connectivity index (χ1n) is 7.47. The number of aryl methyl sites for hydroxylation is 1. The minimum Gasteiger partial charge on any atom is -0.497 e. The van der Waals surface area contributed by atoms with Crippen LogP contribution in [0.4, 0.5) is 5.82 Å². The molecule has 1 aromatic heterocycles. The number of aromatic nitrogens is 2. The number of hydrogen-bond donors (Lipinski definition) is 1. The summed E-state index contributed by atoms with van der Waals surface area (Å²) in [6.45, 7) is 1.88. The fourth-order valence-corrected chi connectivity index (χ4v) is 2.96. The highest BCUT2D eigenvalue weighted by molar-refractivity contribution is 14.1. The SMILES string of the molecule is COc1ccc(C(CI)=NNc2nc(C)nc3ccccc23)cc1. The number of hydrazone groups is 1. The number of nitrogens with one attached hydrogen (secondary N) is 1. The summed E-state index contributed by atoms with van der Waals surface area (Å²) in [4.78, 5) is 8.92. The summed E-state index contributed by atoms with van der Waals surface area (Å²) in [6, 6.07) is 15.8. The van der Waals surface area contributed by atoms with E-state index in [2.05, 4.69) is 43.1 Å². The zero-order valence-electron chi connectivity index (χ0n) is 13.5. The van der Waals surface area contributed by atoms with Gasteiger partial charge in [-0.1, -0.05) is 34.7 Å². The number of hydrogen-bond acceptors (Lipinski definition) is 5. The molecule has 0 fully saturated rings. The molecule has 122 valence electrons. The molecule has 1 heterocycles. The van der Waals surface area contributed by atoms with Crippen LogP contribution in [-0.4, -0.2) is 27.2 Å². The van der Waals surface area contributed by atoms with Crippen molar-refractivity contribution in [2.24, 2.45) is 5.10 Å². The maximum atomic E-state index is 5.20. The second-order valence-corrected chi connectivity index (χ2v) is 5.93. The molecule has 0 unspecified atom stereocenters. The van der Waals surface area contributed by atoms with Crippen molar-refractivity contribution in [2.45, 2.75) is 6.92 Å². The van der Waals surface area contributed by atoms with Gasteiger partial charge in [0.1, 0.15) is 11.6 Å². The smallest absolute Gasteiger partial charge is 0.157 e. The highest BCUT2D eigenvalue weighted by Crippen LogP contribution is 2.20. The normalized spacial score (nSPS) is 11.5. The maximum absolute atomic E-state index is 5.20.